The Bertz CT molecular complexity index is 1040. The van der Waals surface area contributed by atoms with E-state index in [-0.39, 0.29) is 11.7 Å². The Kier molecular flexibility index (Phi) is 4.50. The largest absolute Gasteiger partial charge is 0.345 e. The van der Waals surface area contributed by atoms with Crippen LogP contribution in [0.15, 0.2) is 66.2 Å². The topological polar surface area (TPSA) is 46.9 Å². The van der Waals surface area contributed by atoms with Crippen molar-refractivity contribution in [3.63, 3.8) is 0 Å². The average molecular weight is 365 g/mol. The van der Waals surface area contributed by atoms with E-state index in [1.807, 2.05) is 40.3 Å². The summed E-state index contributed by atoms with van der Waals surface area (Å²) in [7, 11) is 0. The summed E-state index contributed by atoms with van der Waals surface area (Å²) >= 11 is 1.59. The maximum atomic E-state index is 13.2. The number of amides is 1. The second kappa shape index (κ2) is 7.09. The third kappa shape index (κ3) is 3.36. The normalized spacial score (nSPS) is 11.0. The van der Waals surface area contributed by atoms with Crippen LogP contribution in [0.1, 0.15) is 21.7 Å². The Morgan fingerprint density at radius 2 is 2.00 bits per heavy atom. The summed E-state index contributed by atoms with van der Waals surface area (Å²) in [6.07, 6.45) is 1.70. The third-order valence-electron chi connectivity index (χ3n) is 4.17. The minimum absolute atomic E-state index is 0.152. The number of hydrogen-bond donors (Lipinski definition) is 1. The summed E-state index contributed by atoms with van der Waals surface area (Å²) in [5.74, 6) is -0.420. The fourth-order valence-electron chi connectivity index (χ4n) is 2.87. The van der Waals surface area contributed by atoms with Gasteiger partial charge in [0.05, 0.1) is 22.5 Å². The van der Waals surface area contributed by atoms with Gasteiger partial charge in [-0.1, -0.05) is 18.2 Å². The molecule has 0 unspecified atom stereocenters. The maximum Gasteiger partial charge on any atom is 0.268 e. The van der Waals surface area contributed by atoms with Crippen molar-refractivity contribution in [2.75, 3.05) is 0 Å². The number of pyridine rings is 1. The van der Waals surface area contributed by atoms with Crippen LogP contribution in [0.25, 0.3) is 10.2 Å². The molecule has 26 heavy (non-hydrogen) atoms. The lowest BCUT2D eigenvalue weighted by Crippen LogP contribution is -2.26. The fourth-order valence-corrected chi connectivity index (χ4v) is 3.69. The van der Waals surface area contributed by atoms with Crippen LogP contribution in [-0.4, -0.2) is 15.5 Å². The van der Waals surface area contributed by atoms with Crippen LogP contribution >= 0.6 is 11.3 Å². The molecule has 1 N–H and O–H groups in total. The van der Waals surface area contributed by atoms with Gasteiger partial charge in [-0.05, 0) is 47.3 Å². The smallest absolute Gasteiger partial charge is 0.268 e. The number of nitrogens with zero attached hydrogens (tertiary/aromatic N) is 2. The van der Waals surface area contributed by atoms with Crippen LogP contribution in [0, 0.1) is 5.82 Å². The molecule has 1 aromatic carbocycles. The van der Waals surface area contributed by atoms with Gasteiger partial charge in [0.1, 0.15) is 11.5 Å². The number of aromatic nitrogens is 2. The molecule has 4 nitrogen and oxygen atoms in total. The van der Waals surface area contributed by atoms with Crippen molar-refractivity contribution in [1.82, 2.24) is 14.9 Å². The number of halogens is 1. The van der Waals surface area contributed by atoms with Gasteiger partial charge in [0, 0.05) is 12.7 Å². The second-order valence-corrected chi connectivity index (χ2v) is 6.86. The lowest BCUT2D eigenvalue weighted by Gasteiger charge is -2.11. The highest BCUT2D eigenvalue weighted by atomic mass is 32.1. The monoisotopic (exact) mass is 365 g/mol. The first-order chi connectivity index (χ1) is 12.7. The lowest BCUT2D eigenvalue weighted by molar-refractivity contribution is 0.0942. The maximum absolute atomic E-state index is 13.2. The molecule has 0 atom stereocenters. The van der Waals surface area contributed by atoms with E-state index in [2.05, 4.69) is 10.3 Å². The molecule has 0 saturated heterocycles. The van der Waals surface area contributed by atoms with E-state index in [1.165, 1.54) is 12.1 Å². The van der Waals surface area contributed by atoms with E-state index in [4.69, 9.17) is 0 Å². The lowest BCUT2D eigenvalue weighted by atomic mass is 10.2. The molecule has 130 valence electrons. The van der Waals surface area contributed by atoms with Crippen molar-refractivity contribution in [3.05, 3.63) is 88.9 Å². The Balaban J connectivity index is 1.60. The highest BCUT2D eigenvalue weighted by Gasteiger charge is 2.16. The third-order valence-corrected chi connectivity index (χ3v) is 5.02. The molecule has 0 aliphatic heterocycles. The quantitative estimate of drug-likeness (QED) is 0.576. The van der Waals surface area contributed by atoms with Crippen LogP contribution in [0.3, 0.4) is 0 Å². The zero-order valence-corrected chi connectivity index (χ0v) is 14.7. The number of benzene rings is 1. The zero-order chi connectivity index (χ0) is 17.9. The number of thiophene rings is 1. The molecule has 0 bridgehead atoms. The number of rotatable bonds is 5. The van der Waals surface area contributed by atoms with Crippen LogP contribution < -0.4 is 5.32 Å². The van der Waals surface area contributed by atoms with E-state index in [0.717, 1.165) is 21.5 Å². The molecule has 1 amide bonds. The van der Waals surface area contributed by atoms with Crippen molar-refractivity contribution >= 4 is 27.5 Å². The SMILES string of the molecule is O=C(NCc1ccccn1)c1cc2sccc2n1Cc1ccc(F)cc1. The van der Waals surface area contributed by atoms with Crippen LogP contribution in [0.5, 0.6) is 0 Å². The van der Waals surface area contributed by atoms with Gasteiger partial charge in [0.2, 0.25) is 0 Å². The summed E-state index contributed by atoms with van der Waals surface area (Å²) in [4.78, 5) is 17.0. The standard InChI is InChI=1S/C20H16FN3OS/c21-15-6-4-14(5-7-15)13-24-17-8-10-26-19(17)11-18(24)20(25)23-12-16-3-1-2-9-22-16/h1-11H,12-13H2,(H,23,25). The molecular formula is C20H16FN3OS. The van der Waals surface area contributed by atoms with Gasteiger partial charge in [-0.15, -0.1) is 11.3 Å². The predicted molar refractivity (Wildman–Crippen MR) is 101 cm³/mol. The van der Waals surface area contributed by atoms with Gasteiger partial charge in [0.25, 0.3) is 5.91 Å². The Labute approximate surface area is 153 Å². The number of fused-ring (bicyclic) bond motifs is 1. The molecule has 0 saturated carbocycles. The van der Waals surface area contributed by atoms with Crippen molar-refractivity contribution in [3.8, 4) is 0 Å². The molecule has 0 aliphatic rings. The average Bonchev–Trinajstić information content (AvgIpc) is 3.25. The summed E-state index contributed by atoms with van der Waals surface area (Å²) < 4.78 is 16.2. The summed E-state index contributed by atoms with van der Waals surface area (Å²) in [5, 5.41) is 4.93. The number of carbonyl (C=O) groups excluding carboxylic acids is 1. The Hall–Kier alpha value is -2.99. The van der Waals surface area contributed by atoms with Gasteiger partial charge in [-0.25, -0.2) is 4.39 Å². The first kappa shape index (κ1) is 16.5. The zero-order valence-electron chi connectivity index (χ0n) is 13.9. The molecule has 3 aromatic heterocycles. The van der Waals surface area contributed by atoms with E-state index < -0.39 is 0 Å². The van der Waals surface area contributed by atoms with Gasteiger partial charge >= 0.3 is 0 Å². The van der Waals surface area contributed by atoms with E-state index >= 15 is 0 Å². The van der Waals surface area contributed by atoms with Crippen LogP contribution in [0.2, 0.25) is 0 Å². The second-order valence-electron chi connectivity index (χ2n) is 5.92. The molecular weight excluding hydrogens is 349 g/mol. The molecule has 4 aromatic rings. The van der Waals surface area contributed by atoms with Gasteiger partial charge in [-0.3, -0.25) is 9.78 Å². The molecule has 0 radical (unpaired) electrons. The number of nitrogens with one attached hydrogen (secondary N) is 1. The van der Waals surface area contributed by atoms with Crippen molar-refractivity contribution in [1.29, 1.82) is 0 Å². The summed E-state index contributed by atoms with van der Waals surface area (Å²) in [5.41, 5.74) is 3.34. The van der Waals surface area contributed by atoms with Crippen LogP contribution in [-0.2, 0) is 13.1 Å². The van der Waals surface area contributed by atoms with Crippen molar-refractivity contribution in [2.45, 2.75) is 13.1 Å². The van der Waals surface area contributed by atoms with E-state index in [0.29, 0.717) is 18.8 Å². The summed E-state index contributed by atoms with van der Waals surface area (Å²) in [6.45, 7) is 0.877. The van der Waals surface area contributed by atoms with E-state index in [9.17, 15) is 9.18 Å². The first-order valence-electron chi connectivity index (χ1n) is 8.20. The van der Waals surface area contributed by atoms with Gasteiger partial charge in [0.15, 0.2) is 0 Å². The Morgan fingerprint density at radius 3 is 2.77 bits per heavy atom. The number of hydrogen-bond acceptors (Lipinski definition) is 3. The Morgan fingerprint density at radius 1 is 1.15 bits per heavy atom. The minimum atomic E-state index is -0.268. The molecule has 0 aliphatic carbocycles. The molecule has 3 heterocycles. The van der Waals surface area contributed by atoms with Crippen molar-refractivity contribution < 1.29 is 9.18 Å². The number of carbonyl (C=O) groups is 1. The fraction of sp³-hybridized carbons (Fsp3) is 0.100. The summed E-state index contributed by atoms with van der Waals surface area (Å²) in [6, 6.07) is 15.9. The molecule has 6 heteroatoms. The highest BCUT2D eigenvalue weighted by Crippen LogP contribution is 2.26. The van der Waals surface area contributed by atoms with Gasteiger partial charge < -0.3 is 9.88 Å². The molecule has 0 spiro atoms. The van der Waals surface area contributed by atoms with Gasteiger partial charge in [-0.2, -0.15) is 0 Å². The van der Waals surface area contributed by atoms with E-state index in [1.54, 1.807) is 29.7 Å². The predicted octanol–water partition coefficient (Wildman–Crippen LogP) is 4.22. The molecule has 4 rings (SSSR count). The highest BCUT2D eigenvalue weighted by molar-refractivity contribution is 7.17. The minimum Gasteiger partial charge on any atom is -0.345 e. The van der Waals surface area contributed by atoms with Crippen LogP contribution in [0.4, 0.5) is 4.39 Å². The van der Waals surface area contributed by atoms with Crippen molar-refractivity contribution in [2.24, 2.45) is 0 Å². The molecule has 0 fully saturated rings. The first-order valence-corrected chi connectivity index (χ1v) is 9.08.